The van der Waals surface area contributed by atoms with E-state index in [0.717, 1.165) is 25.7 Å². The Bertz CT molecular complexity index is 735. The van der Waals surface area contributed by atoms with Crippen LogP contribution in [0, 0.1) is 0 Å². The van der Waals surface area contributed by atoms with Gasteiger partial charge in [0.2, 0.25) is 0 Å². The third kappa shape index (κ3) is 2.45. The first-order valence-corrected chi connectivity index (χ1v) is 9.53. The Hall–Kier alpha value is -1.12. The van der Waals surface area contributed by atoms with Crippen molar-refractivity contribution in [2.75, 3.05) is 18.9 Å². The number of fused-ring (bicyclic) bond motifs is 1. The van der Waals surface area contributed by atoms with Gasteiger partial charge in [0.15, 0.2) is 15.8 Å². The number of hydrogen-bond donors (Lipinski definition) is 1. The Morgan fingerprint density at radius 3 is 2.95 bits per heavy atom. The number of nitrogens with one attached hydrogen (secondary N) is 1. The highest BCUT2D eigenvalue weighted by Gasteiger charge is 2.35. The van der Waals surface area contributed by atoms with Crippen molar-refractivity contribution in [3.63, 3.8) is 0 Å². The molecule has 0 aliphatic carbocycles. The fraction of sp³-hybridized carbons (Fsp3) is 0.615. The number of aromatic nitrogens is 2. The summed E-state index contributed by atoms with van der Waals surface area (Å²) in [5.74, 6) is 0.429. The Morgan fingerprint density at radius 1 is 1.38 bits per heavy atom. The quantitative estimate of drug-likeness (QED) is 0.939. The third-order valence-corrected chi connectivity index (χ3v) is 6.80. The smallest absolute Gasteiger partial charge is 0.263 e. The molecule has 6 nitrogen and oxygen atoms in total. The first-order chi connectivity index (χ1) is 10.1. The molecule has 2 aromatic rings. The molecular weight excluding hydrogens is 308 g/mol. The topological polar surface area (TPSA) is 66.7 Å². The lowest BCUT2D eigenvalue weighted by atomic mass is 10.1. The second-order valence-corrected chi connectivity index (χ2v) is 8.06. The molecule has 0 spiro atoms. The van der Waals surface area contributed by atoms with Crippen molar-refractivity contribution in [2.45, 2.75) is 43.7 Å². The van der Waals surface area contributed by atoms with Gasteiger partial charge in [0, 0.05) is 31.2 Å². The molecule has 8 heteroatoms. The average Bonchev–Trinajstić information content (AvgIpc) is 2.94. The van der Waals surface area contributed by atoms with E-state index in [2.05, 4.69) is 10.3 Å². The predicted molar refractivity (Wildman–Crippen MR) is 84.4 cm³/mol. The molecule has 21 heavy (non-hydrogen) atoms. The number of sulfonamides is 1. The van der Waals surface area contributed by atoms with Crippen LogP contribution in [-0.4, -0.2) is 41.7 Å². The van der Waals surface area contributed by atoms with Gasteiger partial charge >= 0.3 is 0 Å². The molecule has 0 aromatic carbocycles. The van der Waals surface area contributed by atoms with Crippen molar-refractivity contribution in [1.82, 2.24) is 13.7 Å². The van der Waals surface area contributed by atoms with Crippen LogP contribution in [0.1, 0.15) is 32.6 Å². The monoisotopic (exact) mass is 328 g/mol. The van der Waals surface area contributed by atoms with Gasteiger partial charge in [-0.2, -0.15) is 4.31 Å². The predicted octanol–water partition coefficient (Wildman–Crippen LogP) is 2.39. The van der Waals surface area contributed by atoms with Crippen LogP contribution in [0.5, 0.6) is 0 Å². The summed E-state index contributed by atoms with van der Waals surface area (Å²) in [5.41, 5.74) is 0. The molecule has 0 amide bonds. The molecule has 0 bridgehead atoms. The summed E-state index contributed by atoms with van der Waals surface area (Å²) in [6.45, 7) is 2.58. The number of imidazole rings is 1. The van der Waals surface area contributed by atoms with E-state index < -0.39 is 10.0 Å². The number of anilines is 1. The third-order valence-electron chi connectivity index (χ3n) is 4.00. The molecule has 1 saturated heterocycles. The van der Waals surface area contributed by atoms with E-state index in [1.807, 2.05) is 12.3 Å². The molecule has 0 radical (unpaired) electrons. The molecule has 2 aromatic heterocycles. The van der Waals surface area contributed by atoms with Gasteiger partial charge in [-0.25, -0.2) is 13.4 Å². The zero-order valence-corrected chi connectivity index (χ0v) is 13.9. The fourth-order valence-electron chi connectivity index (χ4n) is 2.89. The molecule has 1 aliphatic rings. The van der Waals surface area contributed by atoms with Crippen LogP contribution >= 0.6 is 11.3 Å². The van der Waals surface area contributed by atoms with Crippen molar-refractivity contribution in [3.8, 4) is 0 Å². The zero-order valence-electron chi connectivity index (χ0n) is 12.2. The van der Waals surface area contributed by atoms with Crippen molar-refractivity contribution < 1.29 is 8.42 Å². The first kappa shape index (κ1) is 14.8. The maximum Gasteiger partial charge on any atom is 0.263 e. The van der Waals surface area contributed by atoms with Crippen LogP contribution in [0.15, 0.2) is 16.6 Å². The van der Waals surface area contributed by atoms with Crippen LogP contribution in [0.4, 0.5) is 5.82 Å². The van der Waals surface area contributed by atoms with E-state index in [1.54, 1.807) is 22.0 Å². The minimum absolute atomic E-state index is 0.0337. The van der Waals surface area contributed by atoms with Gasteiger partial charge in [-0.15, -0.1) is 11.3 Å². The first-order valence-electron chi connectivity index (χ1n) is 7.21. The van der Waals surface area contributed by atoms with E-state index in [-0.39, 0.29) is 11.1 Å². The Kier molecular flexibility index (Phi) is 3.94. The molecule has 3 rings (SSSR count). The lowest BCUT2D eigenvalue weighted by Gasteiger charge is -2.26. The largest absolute Gasteiger partial charge is 0.371 e. The Balaban J connectivity index is 2.12. The van der Waals surface area contributed by atoms with E-state index >= 15 is 0 Å². The highest BCUT2D eigenvalue weighted by molar-refractivity contribution is 7.89. The standard InChI is InChI=1S/C13H20N4O2S2/c1-10-6-4-3-5-7-17(10)21(18,19)12-11(14-2)15-13-16(12)8-9-20-13/h8-10,14H,3-7H2,1-2H3. The van der Waals surface area contributed by atoms with Gasteiger partial charge in [-0.3, -0.25) is 4.40 Å². The van der Waals surface area contributed by atoms with E-state index in [4.69, 9.17) is 0 Å². The maximum atomic E-state index is 13.1. The number of rotatable bonds is 3. The van der Waals surface area contributed by atoms with Crippen molar-refractivity contribution in [2.24, 2.45) is 0 Å². The normalized spacial score (nSPS) is 21.5. The summed E-state index contributed by atoms with van der Waals surface area (Å²) < 4.78 is 29.6. The molecule has 1 unspecified atom stereocenters. The lowest BCUT2D eigenvalue weighted by molar-refractivity contribution is 0.341. The second kappa shape index (κ2) is 5.58. The van der Waals surface area contributed by atoms with E-state index in [1.165, 1.54) is 11.3 Å². The van der Waals surface area contributed by atoms with Crippen LogP contribution in [0.2, 0.25) is 0 Å². The van der Waals surface area contributed by atoms with Gasteiger partial charge in [0.05, 0.1) is 0 Å². The molecule has 0 saturated carbocycles. The van der Waals surface area contributed by atoms with Gasteiger partial charge in [0.25, 0.3) is 10.0 Å². The minimum Gasteiger partial charge on any atom is -0.371 e. The van der Waals surface area contributed by atoms with Gasteiger partial charge < -0.3 is 5.32 Å². The minimum atomic E-state index is -3.55. The summed E-state index contributed by atoms with van der Waals surface area (Å²) in [5, 5.41) is 5.03. The van der Waals surface area contributed by atoms with Crippen LogP contribution in [0.25, 0.3) is 4.96 Å². The number of hydrogen-bond acceptors (Lipinski definition) is 5. The lowest BCUT2D eigenvalue weighted by Crippen LogP contribution is -2.38. The van der Waals surface area contributed by atoms with Gasteiger partial charge in [-0.1, -0.05) is 12.8 Å². The van der Waals surface area contributed by atoms with Crippen LogP contribution in [-0.2, 0) is 10.0 Å². The molecule has 1 aliphatic heterocycles. The molecule has 1 fully saturated rings. The summed E-state index contributed by atoms with van der Waals surface area (Å²) in [6.07, 6.45) is 5.79. The summed E-state index contributed by atoms with van der Waals surface area (Å²) >= 11 is 1.43. The second-order valence-electron chi connectivity index (χ2n) is 5.39. The SMILES string of the molecule is CNc1nc2sccn2c1S(=O)(=O)N1CCCCCC1C. The maximum absolute atomic E-state index is 13.1. The van der Waals surface area contributed by atoms with E-state index in [0.29, 0.717) is 17.3 Å². The van der Waals surface area contributed by atoms with Gasteiger partial charge in [0.1, 0.15) is 0 Å². The Morgan fingerprint density at radius 2 is 2.19 bits per heavy atom. The highest BCUT2D eigenvalue weighted by Crippen LogP contribution is 2.31. The summed E-state index contributed by atoms with van der Waals surface area (Å²) in [4.78, 5) is 5.06. The molecule has 1 atom stereocenters. The van der Waals surface area contributed by atoms with Gasteiger partial charge in [-0.05, 0) is 19.8 Å². The van der Waals surface area contributed by atoms with Crippen molar-refractivity contribution in [1.29, 1.82) is 0 Å². The molecule has 116 valence electrons. The number of thiazole rings is 1. The van der Waals surface area contributed by atoms with Crippen molar-refractivity contribution >= 4 is 32.1 Å². The summed E-state index contributed by atoms with van der Waals surface area (Å²) in [6, 6.07) is 0.0337. The Labute approximate surface area is 128 Å². The summed E-state index contributed by atoms with van der Waals surface area (Å²) in [7, 11) is -1.85. The molecule has 1 N–H and O–H groups in total. The van der Waals surface area contributed by atoms with E-state index in [9.17, 15) is 8.42 Å². The average molecular weight is 328 g/mol. The highest BCUT2D eigenvalue weighted by atomic mass is 32.2. The van der Waals surface area contributed by atoms with Crippen LogP contribution < -0.4 is 5.32 Å². The van der Waals surface area contributed by atoms with Crippen LogP contribution in [0.3, 0.4) is 0 Å². The molecular formula is C13H20N4O2S2. The number of nitrogens with zero attached hydrogens (tertiary/aromatic N) is 3. The molecule has 3 heterocycles. The fourth-order valence-corrected chi connectivity index (χ4v) is 5.62. The van der Waals surface area contributed by atoms with Crippen molar-refractivity contribution in [3.05, 3.63) is 11.6 Å². The zero-order chi connectivity index (χ0) is 15.0.